The summed E-state index contributed by atoms with van der Waals surface area (Å²) in [5.41, 5.74) is 8.10. The summed E-state index contributed by atoms with van der Waals surface area (Å²) < 4.78 is 1.73. The zero-order valence-corrected chi connectivity index (χ0v) is 9.01. The number of rotatable bonds is 2. The SMILES string of the molecule is CC(C)c1ccc(-n2nccc2N)cc1. The molecule has 0 aliphatic rings. The van der Waals surface area contributed by atoms with Crippen LogP contribution in [0.25, 0.3) is 5.69 Å². The summed E-state index contributed by atoms with van der Waals surface area (Å²) in [5.74, 6) is 1.21. The molecule has 78 valence electrons. The molecule has 0 unspecified atom stereocenters. The van der Waals surface area contributed by atoms with Crippen LogP contribution < -0.4 is 5.73 Å². The topological polar surface area (TPSA) is 43.8 Å². The Bertz CT molecular complexity index is 440. The Morgan fingerprint density at radius 1 is 1.13 bits per heavy atom. The van der Waals surface area contributed by atoms with Gasteiger partial charge >= 0.3 is 0 Å². The van der Waals surface area contributed by atoms with Gasteiger partial charge in [-0.05, 0) is 23.6 Å². The van der Waals surface area contributed by atoms with Crippen LogP contribution in [0.3, 0.4) is 0 Å². The Labute approximate surface area is 89.5 Å². The smallest absolute Gasteiger partial charge is 0.127 e. The fraction of sp³-hybridized carbons (Fsp3) is 0.250. The second kappa shape index (κ2) is 3.77. The number of hydrogen-bond donors (Lipinski definition) is 1. The van der Waals surface area contributed by atoms with Crippen molar-refractivity contribution in [3.8, 4) is 5.69 Å². The van der Waals surface area contributed by atoms with E-state index in [1.807, 2.05) is 12.1 Å². The van der Waals surface area contributed by atoms with Crippen molar-refractivity contribution in [1.82, 2.24) is 9.78 Å². The fourth-order valence-electron chi connectivity index (χ4n) is 1.53. The molecule has 0 radical (unpaired) electrons. The number of hydrogen-bond acceptors (Lipinski definition) is 2. The van der Waals surface area contributed by atoms with Gasteiger partial charge in [0.25, 0.3) is 0 Å². The summed E-state index contributed by atoms with van der Waals surface area (Å²) >= 11 is 0. The van der Waals surface area contributed by atoms with E-state index in [4.69, 9.17) is 5.73 Å². The minimum Gasteiger partial charge on any atom is -0.384 e. The van der Waals surface area contributed by atoms with Gasteiger partial charge in [0, 0.05) is 6.07 Å². The van der Waals surface area contributed by atoms with Gasteiger partial charge in [0.1, 0.15) is 5.82 Å². The van der Waals surface area contributed by atoms with E-state index in [1.165, 1.54) is 5.56 Å². The Kier molecular flexibility index (Phi) is 2.46. The molecule has 0 aliphatic heterocycles. The van der Waals surface area contributed by atoms with Gasteiger partial charge in [-0.1, -0.05) is 26.0 Å². The molecule has 0 saturated carbocycles. The van der Waals surface area contributed by atoms with E-state index in [-0.39, 0.29) is 0 Å². The molecule has 1 heterocycles. The highest BCUT2D eigenvalue weighted by Gasteiger charge is 2.02. The molecule has 2 rings (SSSR count). The van der Waals surface area contributed by atoms with Gasteiger partial charge in [0.15, 0.2) is 0 Å². The van der Waals surface area contributed by atoms with Crippen LogP contribution in [0.15, 0.2) is 36.5 Å². The standard InChI is InChI=1S/C12H15N3/c1-9(2)10-3-5-11(6-4-10)15-12(13)7-8-14-15/h3-9H,13H2,1-2H3. The zero-order chi connectivity index (χ0) is 10.8. The monoisotopic (exact) mass is 201 g/mol. The van der Waals surface area contributed by atoms with Crippen molar-refractivity contribution in [2.75, 3.05) is 5.73 Å². The van der Waals surface area contributed by atoms with E-state index < -0.39 is 0 Å². The molecular formula is C12H15N3. The number of nitrogens with zero attached hydrogens (tertiary/aromatic N) is 2. The molecule has 0 saturated heterocycles. The van der Waals surface area contributed by atoms with Crippen LogP contribution in [-0.4, -0.2) is 9.78 Å². The molecule has 0 aliphatic carbocycles. The lowest BCUT2D eigenvalue weighted by atomic mass is 10.0. The molecule has 0 bridgehead atoms. The van der Waals surface area contributed by atoms with Crippen molar-refractivity contribution < 1.29 is 0 Å². The first-order chi connectivity index (χ1) is 7.18. The van der Waals surface area contributed by atoms with E-state index in [2.05, 4.69) is 31.1 Å². The number of anilines is 1. The maximum Gasteiger partial charge on any atom is 0.127 e. The van der Waals surface area contributed by atoms with Gasteiger partial charge in [0.2, 0.25) is 0 Å². The fourth-order valence-corrected chi connectivity index (χ4v) is 1.53. The van der Waals surface area contributed by atoms with Crippen LogP contribution in [0.5, 0.6) is 0 Å². The van der Waals surface area contributed by atoms with Gasteiger partial charge in [-0.2, -0.15) is 5.10 Å². The van der Waals surface area contributed by atoms with Crippen LogP contribution in [0.1, 0.15) is 25.3 Å². The summed E-state index contributed by atoms with van der Waals surface area (Å²) in [6, 6.07) is 10.1. The molecule has 0 fully saturated rings. The molecule has 1 aromatic heterocycles. The quantitative estimate of drug-likeness (QED) is 0.811. The Morgan fingerprint density at radius 3 is 2.27 bits per heavy atom. The van der Waals surface area contributed by atoms with E-state index in [9.17, 15) is 0 Å². The van der Waals surface area contributed by atoms with Crippen molar-refractivity contribution in [2.45, 2.75) is 19.8 Å². The molecule has 0 amide bonds. The van der Waals surface area contributed by atoms with Crippen molar-refractivity contribution in [3.63, 3.8) is 0 Å². The molecule has 2 N–H and O–H groups in total. The Hall–Kier alpha value is -1.77. The second-order valence-electron chi connectivity index (χ2n) is 3.91. The molecule has 15 heavy (non-hydrogen) atoms. The minimum atomic E-state index is 0.550. The molecule has 2 aromatic rings. The maximum atomic E-state index is 5.77. The normalized spacial score (nSPS) is 10.9. The van der Waals surface area contributed by atoms with Crippen molar-refractivity contribution in [3.05, 3.63) is 42.1 Å². The predicted molar refractivity (Wildman–Crippen MR) is 62.1 cm³/mol. The van der Waals surface area contributed by atoms with Crippen LogP contribution >= 0.6 is 0 Å². The van der Waals surface area contributed by atoms with Crippen LogP contribution in [0.2, 0.25) is 0 Å². The second-order valence-corrected chi connectivity index (χ2v) is 3.91. The van der Waals surface area contributed by atoms with Crippen molar-refractivity contribution >= 4 is 5.82 Å². The van der Waals surface area contributed by atoms with E-state index in [0.29, 0.717) is 11.7 Å². The molecule has 0 spiro atoms. The lowest BCUT2D eigenvalue weighted by Crippen LogP contribution is -2.01. The molecule has 3 nitrogen and oxygen atoms in total. The molecule has 1 aromatic carbocycles. The van der Waals surface area contributed by atoms with Gasteiger partial charge in [-0.3, -0.25) is 0 Å². The zero-order valence-electron chi connectivity index (χ0n) is 9.01. The third-order valence-corrected chi connectivity index (χ3v) is 2.48. The summed E-state index contributed by atoms with van der Waals surface area (Å²) in [6.45, 7) is 4.36. The van der Waals surface area contributed by atoms with E-state index in [0.717, 1.165) is 5.69 Å². The first-order valence-corrected chi connectivity index (χ1v) is 5.08. The molecule has 3 heteroatoms. The van der Waals surface area contributed by atoms with Gasteiger partial charge in [0.05, 0.1) is 11.9 Å². The van der Waals surface area contributed by atoms with Gasteiger partial charge in [-0.15, -0.1) is 0 Å². The van der Waals surface area contributed by atoms with Crippen molar-refractivity contribution in [2.24, 2.45) is 0 Å². The van der Waals surface area contributed by atoms with E-state index in [1.54, 1.807) is 16.9 Å². The van der Waals surface area contributed by atoms with Gasteiger partial charge < -0.3 is 5.73 Å². The average Bonchev–Trinajstić information content (AvgIpc) is 2.65. The number of benzene rings is 1. The lowest BCUT2D eigenvalue weighted by Gasteiger charge is -2.07. The highest BCUT2D eigenvalue weighted by Crippen LogP contribution is 2.17. The number of nitrogens with two attached hydrogens (primary N) is 1. The third kappa shape index (κ3) is 1.86. The van der Waals surface area contributed by atoms with Crippen LogP contribution in [0.4, 0.5) is 5.82 Å². The molecule has 0 atom stereocenters. The van der Waals surface area contributed by atoms with Gasteiger partial charge in [-0.25, -0.2) is 4.68 Å². The first-order valence-electron chi connectivity index (χ1n) is 5.08. The van der Waals surface area contributed by atoms with E-state index >= 15 is 0 Å². The minimum absolute atomic E-state index is 0.550. The summed E-state index contributed by atoms with van der Waals surface area (Å²) in [7, 11) is 0. The Morgan fingerprint density at radius 2 is 1.80 bits per heavy atom. The first kappa shape index (κ1) is 9.77. The third-order valence-electron chi connectivity index (χ3n) is 2.48. The van der Waals surface area contributed by atoms with Crippen molar-refractivity contribution in [1.29, 1.82) is 0 Å². The summed E-state index contributed by atoms with van der Waals surface area (Å²) in [4.78, 5) is 0. The largest absolute Gasteiger partial charge is 0.384 e. The highest BCUT2D eigenvalue weighted by molar-refractivity contribution is 5.42. The lowest BCUT2D eigenvalue weighted by molar-refractivity contribution is 0.857. The van der Waals surface area contributed by atoms with Crippen LogP contribution in [0, 0.1) is 0 Å². The number of nitrogen functional groups attached to an aromatic ring is 1. The molecular weight excluding hydrogens is 186 g/mol. The van der Waals surface area contributed by atoms with Crippen LogP contribution in [-0.2, 0) is 0 Å². The number of aromatic nitrogens is 2. The average molecular weight is 201 g/mol. The maximum absolute atomic E-state index is 5.77. The Balaban J connectivity index is 2.36. The summed E-state index contributed by atoms with van der Waals surface area (Å²) in [6.07, 6.45) is 1.70. The predicted octanol–water partition coefficient (Wildman–Crippen LogP) is 2.58. The summed E-state index contributed by atoms with van der Waals surface area (Å²) in [5, 5.41) is 4.15. The highest BCUT2D eigenvalue weighted by atomic mass is 15.3.